The molecule has 0 aliphatic rings. The highest BCUT2D eigenvalue weighted by atomic mass is 16.7. The summed E-state index contributed by atoms with van der Waals surface area (Å²) in [5, 5.41) is 11.6. The minimum absolute atomic E-state index is 0.374. The van der Waals surface area contributed by atoms with Crippen molar-refractivity contribution in [3.8, 4) is 0 Å². The molecule has 0 unspecified atom stereocenters. The SMILES string of the molecule is COC(CNc1nc(Nc2ccccc2)c2cnn(C)c2n1)OC. The van der Waals surface area contributed by atoms with Crippen LogP contribution in [-0.2, 0) is 16.5 Å². The molecule has 1 aromatic carbocycles. The maximum absolute atomic E-state index is 5.17. The van der Waals surface area contributed by atoms with Crippen molar-refractivity contribution in [2.24, 2.45) is 7.05 Å². The van der Waals surface area contributed by atoms with Gasteiger partial charge in [-0.05, 0) is 12.1 Å². The normalized spacial score (nSPS) is 11.2. The number of rotatable bonds is 7. The highest BCUT2D eigenvalue weighted by Gasteiger charge is 2.13. The molecule has 2 N–H and O–H groups in total. The predicted molar refractivity (Wildman–Crippen MR) is 92.3 cm³/mol. The second-order valence-electron chi connectivity index (χ2n) is 5.17. The van der Waals surface area contributed by atoms with E-state index in [9.17, 15) is 0 Å². The zero-order valence-electron chi connectivity index (χ0n) is 13.9. The van der Waals surface area contributed by atoms with Crippen LogP contribution in [0.25, 0.3) is 11.0 Å². The topological polar surface area (TPSA) is 86.1 Å². The van der Waals surface area contributed by atoms with Gasteiger partial charge in [-0.3, -0.25) is 4.68 Å². The molecule has 0 fully saturated rings. The summed E-state index contributed by atoms with van der Waals surface area (Å²) in [5.74, 6) is 1.16. The fourth-order valence-corrected chi connectivity index (χ4v) is 2.29. The molecule has 126 valence electrons. The number of nitrogens with zero attached hydrogens (tertiary/aromatic N) is 4. The van der Waals surface area contributed by atoms with Crippen LogP contribution in [0.2, 0.25) is 0 Å². The van der Waals surface area contributed by atoms with Crippen LogP contribution < -0.4 is 10.6 Å². The maximum Gasteiger partial charge on any atom is 0.226 e. The lowest BCUT2D eigenvalue weighted by atomic mass is 10.3. The van der Waals surface area contributed by atoms with Gasteiger partial charge in [0, 0.05) is 27.0 Å². The van der Waals surface area contributed by atoms with E-state index in [2.05, 4.69) is 25.7 Å². The van der Waals surface area contributed by atoms with Crippen LogP contribution >= 0.6 is 0 Å². The van der Waals surface area contributed by atoms with E-state index < -0.39 is 0 Å². The number of methoxy groups -OCH3 is 2. The summed E-state index contributed by atoms with van der Waals surface area (Å²) >= 11 is 0. The van der Waals surface area contributed by atoms with Crippen molar-refractivity contribution < 1.29 is 9.47 Å². The summed E-state index contributed by atoms with van der Waals surface area (Å²) in [7, 11) is 5.02. The minimum atomic E-state index is -0.374. The van der Waals surface area contributed by atoms with Gasteiger partial charge in [0.25, 0.3) is 0 Å². The summed E-state index contributed by atoms with van der Waals surface area (Å²) in [6.07, 6.45) is 1.37. The maximum atomic E-state index is 5.17. The third-order valence-corrected chi connectivity index (χ3v) is 3.58. The van der Waals surface area contributed by atoms with E-state index in [-0.39, 0.29) is 6.29 Å². The number of fused-ring (bicyclic) bond motifs is 1. The third-order valence-electron chi connectivity index (χ3n) is 3.58. The molecule has 2 aromatic heterocycles. The quantitative estimate of drug-likeness (QED) is 0.643. The van der Waals surface area contributed by atoms with E-state index >= 15 is 0 Å². The van der Waals surface area contributed by atoms with Gasteiger partial charge in [-0.25, -0.2) is 0 Å². The Bertz CT molecular complexity index is 801. The van der Waals surface area contributed by atoms with Gasteiger partial charge in [0.2, 0.25) is 5.95 Å². The summed E-state index contributed by atoms with van der Waals surface area (Å²) in [6.45, 7) is 0.432. The fourth-order valence-electron chi connectivity index (χ4n) is 2.29. The molecule has 3 aromatic rings. The highest BCUT2D eigenvalue weighted by molar-refractivity contribution is 5.89. The molecule has 0 spiro atoms. The van der Waals surface area contributed by atoms with Crippen molar-refractivity contribution in [3.05, 3.63) is 36.5 Å². The molecule has 0 saturated carbocycles. The van der Waals surface area contributed by atoms with E-state index in [0.29, 0.717) is 18.3 Å². The molecule has 0 aliphatic carbocycles. The summed E-state index contributed by atoms with van der Waals surface area (Å²) in [5.41, 5.74) is 1.68. The molecule has 3 rings (SSSR count). The Morgan fingerprint density at radius 3 is 2.58 bits per heavy atom. The lowest BCUT2D eigenvalue weighted by Crippen LogP contribution is -2.24. The Hall–Kier alpha value is -2.71. The van der Waals surface area contributed by atoms with Crippen molar-refractivity contribution in [1.82, 2.24) is 19.7 Å². The average Bonchev–Trinajstić information content (AvgIpc) is 2.98. The lowest BCUT2D eigenvalue weighted by molar-refractivity contribution is -0.0914. The molecule has 8 heteroatoms. The van der Waals surface area contributed by atoms with Gasteiger partial charge < -0.3 is 20.1 Å². The molecule has 0 bridgehead atoms. The van der Waals surface area contributed by atoms with E-state index in [4.69, 9.17) is 9.47 Å². The van der Waals surface area contributed by atoms with E-state index in [0.717, 1.165) is 16.7 Å². The van der Waals surface area contributed by atoms with Crippen LogP contribution in [0.4, 0.5) is 17.5 Å². The number of hydrogen-bond acceptors (Lipinski definition) is 7. The van der Waals surface area contributed by atoms with Gasteiger partial charge in [0.1, 0.15) is 5.82 Å². The van der Waals surface area contributed by atoms with Gasteiger partial charge in [0.05, 0.1) is 18.1 Å². The summed E-state index contributed by atoms with van der Waals surface area (Å²) in [4.78, 5) is 9.06. The van der Waals surface area contributed by atoms with Gasteiger partial charge in [-0.1, -0.05) is 18.2 Å². The zero-order valence-corrected chi connectivity index (χ0v) is 13.9. The van der Waals surface area contributed by atoms with Crippen molar-refractivity contribution in [2.45, 2.75) is 6.29 Å². The molecule has 2 heterocycles. The van der Waals surface area contributed by atoms with E-state index in [1.54, 1.807) is 25.1 Å². The number of aryl methyl sites for hydroxylation is 1. The fraction of sp³-hybridized carbons (Fsp3) is 0.312. The number of benzene rings is 1. The molecule has 0 atom stereocenters. The van der Waals surface area contributed by atoms with Crippen molar-refractivity contribution in [1.29, 1.82) is 0 Å². The van der Waals surface area contributed by atoms with Gasteiger partial charge in [0.15, 0.2) is 11.9 Å². The second kappa shape index (κ2) is 7.24. The Labute approximate surface area is 139 Å². The van der Waals surface area contributed by atoms with E-state index in [1.807, 2.05) is 37.4 Å². The predicted octanol–water partition coefficient (Wildman–Crippen LogP) is 2.14. The van der Waals surface area contributed by atoms with Crippen LogP contribution in [0.15, 0.2) is 36.5 Å². The Morgan fingerprint density at radius 1 is 1.12 bits per heavy atom. The van der Waals surface area contributed by atoms with Crippen LogP contribution in [0.3, 0.4) is 0 Å². The highest BCUT2D eigenvalue weighted by Crippen LogP contribution is 2.24. The molecular weight excluding hydrogens is 308 g/mol. The lowest BCUT2D eigenvalue weighted by Gasteiger charge is -2.15. The number of nitrogens with one attached hydrogen (secondary N) is 2. The first-order valence-electron chi connectivity index (χ1n) is 7.52. The average molecular weight is 328 g/mol. The molecular formula is C16H20N6O2. The van der Waals surface area contributed by atoms with Gasteiger partial charge >= 0.3 is 0 Å². The molecule has 8 nitrogen and oxygen atoms in total. The molecule has 0 amide bonds. The first kappa shape index (κ1) is 16.2. The van der Waals surface area contributed by atoms with Gasteiger partial charge in [-0.2, -0.15) is 15.1 Å². The second-order valence-corrected chi connectivity index (χ2v) is 5.17. The van der Waals surface area contributed by atoms with Crippen LogP contribution in [-0.4, -0.2) is 46.8 Å². The Kier molecular flexibility index (Phi) is 4.88. The number of aromatic nitrogens is 4. The standard InChI is InChI=1S/C16H20N6O2/c1-22-15-12(9-18-22)14(19-11-7-5-4-6-8-11)20-16(21-15)17-10-13(23-2)24-3/h4-9,13H,10H2,1-3H3,(H2,17,19,20,21). The summed E-state index contributed by atoms with van der Waals surface area (Å²) in [6, 6.07) is 9.84. The van der Waals surface area contributed by atoms with Crippen LogP contribution in [0, 0.1) is 0 Å². The zero-order chi connectivity index (χ0) is 16.9. The number of hydrogen-bond donors (Lipinski definition) is 2. The third kappa shape index (κ3) is 3.44. The Morgan fingerprint density at radius 2 is 1.88 bits per heavy atom. The van der Waals surface area contributed by atoms with Crippen molar-refractivity contribution in [2.75, 3.05) is 31.4 Å². The van der Waals surface area contributed by atoms with Crippen molar-refractivity contribution in [3.63, 3.8) is 0 Å². The minimum Gasteiger partial charge on any atom is -0.354 e. The van der Waals surface area contributed by atoms with Crippen molar-refractivity contribution >= 4 is 28.5 Å². The number of anilines is 3. The molecule has 24 heavy (non-hydrogen) atoms. The molecule has 0 radical (unpaired) electrons. The van der Waals surface area contributed by atoms with Crippen LogP contribution in [0.5, 0.6) is 0 Å². The molecule has 0 aliphatic heterocycles. The number of ether oxygens (including phenoxy) is 2. The monoisotopic (exact) mass is 328 g/mol. The number of para-hydroxylation sites is 1. The smallest absolute Gasteiger partial charge is 0.226 e. The van der Waals surface area contributed by atoms with E-state index in [1.165, 1.54) is 0 Å². The summed E-state index contributed by atoms with van der Waals surface area (Å²) < 4.78 is 12.1. The van der Waals surface area contributed by atoms with Crippen LogP contribution in [0.1, 0.15) is 0 Å². The first-order valence-corrected chi connectivity index (χ1v) is 7.52. The largest absolute Gasteiger partial charge is 0.354 e. The Balaban J connectivity index is 1.91. The van der Waals surface area contributed by atoms with Gasteiger partial charge in [-0.15, -0.1) is 0 Å². The molecule has 0 saturated heterocycles. The first-order chi connectivity index (χ1) is 11.7.